The summed E-state index contributed by atoms with van der Waals surface area (Å²) in [6, 6.07) is 12.3. The predicted molar refractivity (Wildman–Crippen MR) is 108 cm³/mol. The lowest BCUT2D eigenvalue weighted by Gasteiger charge is -2.12. The van der Waals surface area contributed by atoms with E-state index in [4.69, 9.17) is 11.6 Å². The Morgan fingerprint density at radius 1 is 1.07 bits per heavy atom. The molecule has 1 heterocycles. The van der Waals surface area contributed by atoms with Crippen LogP contribution in [0.5, 0.6) is 0 Å². The third-order valence-corrected chi connectivity index (χ3v) is 5.17. The number of carbonyl (C=O) groups is 4. The van der Waals surface area contributed by atoms with Gasteiger partial charge in [-0.25, -0.2) is 0 Å². The van der Waals surface area contributed by atoms with Crippen LogP contribution >= 0.6 is 23.4 Å². The van der Waals surface area contributed by atoms with E-state index in [0.717, 1.165) is 22.2 Å². The summed E-state index contributed by atoms with van der Waals surface area (Å²) in [4.78, 5) is 48.7. The maximum absolute atomic E-state index is 12.5. The quantitative estimate of drug-likeness (QED) is 0.707. The molecular weight excluding hydrogens is 416 g/mol. The molecular formula is C20H14ClN2O5S-. The summed E-state index contributed by atoms with van der Waals surface area (Å²) in [6.45, 7) is -0.0639. The molecule has 0 atom stereocenters. The summed E-state index contributed by atoms with van der Waals surface area (Å²) in [5.41, 5.74) is 1.13. The Morgan fingerprint density at radius 2 is 1.72 bits per heavy atom. The molecule has 1 aliphatic rings. The minimum absolute atomic E-state index is 0.00621. The number of imide groups is 1. The number of carboxylic acid groups (broad SMARTS) is 1. The summed E-state index contributed by atoms with van der Waals surface area (Å²) in [7, 11) is 0. The molecule has 0 saturated carbocycles. The van der Waals surface area contributed by atoms with Crippen molar-refractivity contribution >= 4 is 58.1 Å². The molecule has 29 heavy (non-hydrogen) atoms. The van der Waals surface area contributed by atoms with Gasteiger partial charge in [-0.05, 0) is 53.2 Å². The molecule has 0 radical (unpaired) electrons. The Kier molecular flexibility index (Phi) is 6.36. The zero-order valence-corrected chi connectivity index (χ0v) is 16.5. The number of nitrogens with one attached hydrogen (secondary N) is 1. The van der Waals surface area contributed by atoms with Gasteiger partial charge in [0.05, 0.1) is 10.9 Å². The van der Waals surface area contributed by atoms with Crippen LogP contribution in [0.2, 0.25) is 5.02 Å². The van der Waals surface area contributed by atoms with Crippen molar-refractivity contribution < 1.29 is 24.3 Å². The fourth-order valence-corrected chi connectivity index (χ4v) is 3.52. The van der Waals surface area contributed by atoms with Crippen LogP contribution in [0.15, 0.2) is 53.4 Å². The van der Waals surface area contributed by atoms with Crippen LogP contribution in [0.1, 0.15) is 22.3 Å². The van der Waals surface area contributed by atoms with Crippen LogP contribution in [0.3, 0.4) is 0 Å². The highest BCUT2D eigenvalue weighted by Crippen LogP contribution is 2.32. The third-order valence-electron chi connectivity index (χ3n) is 4.01. The second kappa shape index (κ2) is 8.93. The van der Waals surface area contributed by atoms with Crippen LogP contribution < -0.4 is 10.4 Å². The van der Waals surface area contributed by atoms with Crippen LogP contribution in [0.4, 0.5) is 10.5 Å². The van der Waals surface area contributed by atoms with Crippen molar-refractivity contribution in [1.82, 2.24) is 4.90 Å². The fourth-order valence-electron chi connectivity index (χ4n) is 2.53. The van der Waals surface area contributed by atoms with Gasteiger partial charge in [-0.2, -0.15) is 0 Å². The standard InChI is InChI=1S/C20H15ClN2O5S/c21-14-5-1-12(2-6-14)11-16-18(25)23(20(28)29-16)10-9-17(24)22-15-7-3-13(4-8-15)19(26)27/h1-8,11H,9-10H2,(H,22,24)(H,26,27)/p-1. The minimum atomic E-state index is -1.31. The Morgan fingerprint density at radius 3 is 2.34 bits per heavy atom. The number of benzene rings is 2. The van der Waals surface area contributed by atoms with Gasteiger partial charge in [-0.3, -0.25) is 19.3 Å². The molecule has 0 aromatic heterocycles. The Balaban J connectivity index is 1.57. The van der Waals surface area contributed by atoms with E-state index in [1.54, 1.807) is 30.3 Å². The number of thioether (sulfide) groups is 1. The lowest BCUT2D eigenvalue weighted by Crippen LogP contribution is -2.31. The molecule has 1 aliphatic heterocycles. The molecule has 148 valence electrons. The minimum Gasteiger partial charge on any atom is -0.545 e. The van der Waals surface area contributed by atoms with E-state index < -0.39 is 23.0 Å². The van der Waals surface area contributed by atoms with E-state index in [2.05, 4.69) is 5.32 Å². The monoisotopic (exact) mass is 429 g/mol. The van der Waals surface area contributed by atoms with Crippen molar-refractivity contribution in [3.63, 3.8) is 0 Å². The van der Waals surface area contributed by atoms with Crippen molar-refractivity contribution in [2.24, 2.45) is 0 Å². The molecule has 1 fully saturated rings. The van der Waals surface area contributed by atoms with Gasteiger partial charge in [0.1, 0.15) is 0 Å². The summed E-state index contributed by atoms with van der Waals surface area (Å²) < 4.78 is 0. The van der Waals surface area contributed by atoms with Crippen molar-refractivity contribution in [2.45, 2.75) is 6.42 Å². The first-order valence-corrected chi connectivity index (χ1v) is 9.65. The molecule has 1 saturated heterocycles. The third kappa shape index (κ3) is 5.24. The van der Waals surface area contributed by atoms with Crippen LogP contribution in [-0.2, 0) is 9.59 Å². The maximum atomic E-state index is 12.5. The van der Waals surface area contributed by atoms with Crippen LogP contribution in [0.25, 0.3) is 6.08 Å². The number of aromatic carboxylic acids is 1. The molecule has 2 aromatic carbocycles. The number of nitrogens with zero attached hydrogens (tertiary/aromatic N) is 1. The number of hydrogen-bond donors (Lipinski definition) is 1. The first-order valence-electron chi connectivity index (χ1n) is 8.45. The molecule has 0 spiro atoms. The number of hydrogen-bond acceptors (Lipinski definition) is 6. The van der Waals surface area contributed by atoms with Gasteiger partial charge < -0.3 is 15.2 Å². The summed E-state index contributed by atoms with van der Waals surface area (Å²) in [5, 5.41) is 13.4. The Labute approximate surface area is 175 Å². The van der Waals surface area contributed by atoms with E-state index in [-0.39, 0.29) is 23.4 Å². The van der Waals surface area contributed by atoms with Gasteiger partial charge in [0.15, 0.2) is 0 Å². The number of rotatable bonds is 6. The molecule has 3 rings (SSSR count). The van der Waals surface area contributed by atoms with Gasteiger partial charge in [0.25, 0.3) is 11.1 Å². The molecule has 2 aromatic rings. The van der Waals surface area contributed by atoms with E-state index in [0.29, 0.717) is 10.7 Å². The van der Waals surface area contributed by atoms with Crippen LogP contribution in [0, 0.1) is 0 Å². The summed E-state index contributed by atoms with van der Waals surface area (Å²) >= 11 is 6.64. The second-order valence-electron chi connectivity index (χ2n) is 6.05. The van der Waals surface area contributed by atoms with Crippen molar-refractivity contribution in [3.8, 4) is 0 Å². The maximum Gasteiger partial charge on any atom is 0.293 e. The highest BCUT2D eigenvalue weighted by atomic mass is 35.5. The molecule has 0 aliphatic carbocycles. The zero-order chi connectivity index (χ0) is 21.0. The highest BCUT2D eigenvalue weighted by Gasteiger charge is 2.35. The molecule has 0 unspecified atom stereocenters. The zero-order valence-electron chi connectivity index (χ0n) is 14.9. The van der Waals surface area contributed by atoms with Gasteiger partial charge >= 0.3 is 0 Å². The molecule has 3 amide bonds. The highest BCUT2D eigenvalue weighted by molar-refractivity contribution is 8.18. The first-order chi connectivity index (χ1) is 13.8. The number of anilines is 1. The number of carbonyl (C=O) groups excluding carboxylic acids is 4. The number of carboxylic acids is 1. The van der Waals surface area contributed by atoms with E-state index in [1.165, 1.54) is 24.3 Å². The molecule has 9 heteroatoms. The van der Waals surface area contributed by atoms with Crippen molar-refractivity contribution in [3.05, 3.63) is 69.6 Å². The van der Waals surface area contributed by atoms with E-state index in [1.807, 2.05) is 0 Å². The van der Waals surface area contributed by atoms with Gasteiger partial charge in [-0.15, -0.1) is 0 Å². The normalized spacial score (nSPS) is 15.1. The average Bonchev–Trinajstić information content (AvgIpc) is 2.95. The lowest BCUT2D eigenvalue weighted by atomic mass is 10.2. The largest absolute Gasteiger partial charge is 0.545 e. The van der Waals surface area contributed by atoms with Gasteiger partial charge in [0.2, 0.25) is 5.91 Å². The smallest absolute Gasteiger partial charge is 0.293 e. The number of amides is 3. The van der Waals surface area contributed by atoms with Gasteiger partial charge in [0, 0.05) is 23.7 Å². The Hall–Kier alpha value is -3.10. The average molecular weight is 430 g/mol. The van der Waals surface area contributed by atoms with Crippen molar-refractivity contribution in [1.29, 1.82) is 0 Å². The Bertz CT molecular complexity index is 1000. The van der Waals surface area contributed by atoms with Crippen molar-refractivity contribution in [2.75, 3.05) is 11.9 Å². The van der Waals surface area contributed by atoms with Crippen LogP contribution in [-0.4, -0.2) is 34.5 Å². The second-order valence-corrected chi connectivity index (χ2v) is 7.48. The lowest BCUT2D eigenvalue weighted by molar-refractivity contribution is -0.255. The topological polar surface area (TPSA) is 107 Å². The van der Waals surface area contributed by atoms with Gasteiger partial charge in [-0.1, -0.05) is 35.9 Å². The summed E-state index contributed by atoms with van der Waals surface area (Å²) in [5.74, 6) is -2.18. The SMILES string of the molecule is O=C(CCN1C(=O)SC(=Cc2ccc(Cl)cc2)C1=O)Nc1ccc(C(=O)[O-])cc1. The van der Waals surface area contributed by atoms with E-state index >= 15 is 0 Å². The molecule has 0 bridgehead atoms. The first kappa shape index (κ1) is 20.6. The molecule has 1 N–H and O–H groups in total. The number of halogens is 1. The predicted octanol–water partition coefficient (Wildman–Crippen LogP) is 2.77. The van der Waals surface area contributed by atoms with E-state index in [9.17, 15) is 24.3 Å². The summed E-state index contributed by atoms with van der Waals surface area (Å²) in [6.07, 6.45) is 1.51. The fraction of sp³-hybridized carbons (Fsp3) is 0.100. The molecule has 7 nitrogen and oxygen atoms in total.